The molecule has 0 unspecified atom stereocenters. The molecule has 0 amide bonds. The highest BCUT2D eigenvalue weighted by molar-refractivity contribution is 7.99. The van der Waals surface area contributed by atoms with Crippen LogP contribution in [0.3, 0.4) is 0 Å². The van der Waals surface area contributed by atoms with E-state index >= 15 is 0 Å². The summed E-state index contributed by atoms with van der Waals surface area (Å²) in [5, 5.41) is 11.5. The molecule has 98 valence electrons. The van der Waals surface area contributed by atoms with E-state index in [1.54, 1.807) is 12.1 Å². The highest BCUT2D eigenvalue weighted by Crippen LogP contribution is 2.32. The molecule has 0 aromatic heterocycles. The molecule has 0 radical (unpaired) electrons. The van der Waals surface area contributed by atoms with E-state index < -0.39 is 4.92 Å². The fourth-order valence-electron chi connectivity index (χ4n) is 2.28. The zero-order chi connectivity index (χ0) is 13.0. The molecule has 0 atom stereocenters. The van der Waals surface area contributed by atoms with Crippen LogP contribution in [0.25, 0.3) is 0 Å². The molecule has 0 heterocycles. The number of hydrogen-bond donors (Lipinski definition) is 1. The zero-order valence-electron chi connectivity index (χ0n) is 10.3. The first kappa shape index (κ1) is 13.2. The largest absolute Gasteiger partial charge is 0.393 e. The Hall–Kier alpha value is -1.23. The second-order valence-electron chi connectivity index (χ2n) is 4.72. The normalized spacial score (nSPS) is 16.7. The lowest BCUT2D eigenvalue weighted by molar-refractivity contribution is -0.383. The van der Waals surface area contributed by atoms with E-state index in [4.69, 9.17) is 5.73 Å². The van der Waals surface area contributed by atoms with Crippen molar-refractivity contribution in [3.05, 3.63) is 33.9 Å². The van der Waals surface area contributed by atoms with E-state index in [1.165, 1.54) is 32.1 Å². The van der Waals surface area contributed by atoms with Gasteiger partial charge in [-0.1, -0.05) is 25.3 Å². The maximum Gasteiger partial charge on any atom is 0.292 e. The summed E-state index contributed by atoms with van der Waals surface area (Å²) in [6, 6.07) is 5.12. The molecule has 1 saturated carbocycles. The molecule has 1 aliphatic rings. The molecular weight excluding hydrogens is 248 g/mol. The van der Waals surface area contributed by atoms with Crippen LogP contribution in [0.4, 0.5) is 11.4 Å². The van der Waals surface area contributed by atoms with E-state index in [0.29, 0.717) is 0 Å². The Morgan fingerprint density at radius 3 is 2.72 bits per heavy atom. The van der Waals surface area contributed by atoms with Crippen LogP contribution in [-0.2, 0) is 5.75 Å². The number of benzene rings is 1. The number of nitrogens with zero attached hydrogens (tertiary/aromatic N) is 1. The topological polar surface area (TPSA) is 69.2 Å². The van der Waals surface area contributed by atoms with E-state index in [9.17, 15) is 10.1 Å². The van der Waals surface area contributed by atoms with E-state index in [0.717, 1.165) is 16.6 Å². The Kier molecular flexibility index (Phi) is 4.47. The first-order chi connectivity index (χ1) is 8.66. The highest BCUT2D eigenvalue weighted by atomic mass is 32.2. The third kappa shape index (κ3) is 3.38. The molecule has 0 spiro atoms. The second-order valence-corrected chi connectivity index (χ2v) is 6.01. The van der Waals surface area contributed by atoms with Gasteiger partial charge in [0.1, 0.15) is 5.69 Å². The Bertz CT molecular complexity index is 431. The zero-order valence-corrected chi connectivity index (χ0v) is 11.1. The minimum atomic E-state index is -0.413. The standard InChI is InChI=1S/C13H18N2O2S/c14-12-7-6-10(8-13(12)15(16)17)9-18-11-4-2-1-3-5-11/h6-8,11H,1-5,9,14H2. The average molecular weight is 266 g/mol. The van der Waals surface area contributed by atoms with Crippen molar-refractivity contribution >= 4 is 23.1 Å². The Morgan fingerprint density at radius 2 is 2.06 bits per heavy atom. The summed E-state index contributed by atoms with van der Waals surface area (Å²) in [6.07, 6.45) is 6.55. The molecule has 1 aliphatic carbocycles. The molecule has 2 N–H and O–H groups in total. The Balaban J connectivity index is 1.96. The van der Waals surface area contributed by atoms with Crippen molar-refractivity contribution in [3.8, 4) is 0 Å². The fourth-order valence-corrected chi connectivity index (χ4v) is 3.56. The van der Waals surface area contributed by atoms with E-state index in [-0.39, 0.29) is 11.4 Å². The summed E-state index contributed by atoms with van der Waals surface area (Å²) < 4.78 is 0. The third-order valence-electron chi connectivity index (χ3n) is 3.33. The van der Waals surface area contributed by atoms with Crippen molar-refractivity contribution in [2.75, 3.05) is 5.73 Å². The van der Waals surface area contributed by atoms with Crippen LogP contribution in [-0.4, -0.2) is 10.2 Å². The maximum absolute atomic E-state index is 10.8. The van der Waals surface area contributed by atoms with Gasteiger partial charge >= 0.3 is 0 Å². The quantitative estimate of drug-likeness (QED) is 0.512. The molecule has 1 aromatic carbocycles. The van der Waals surface area contributed by atoms with Gasteiger partial charge in [0.25, 0.3) is 5.69 Å². The number of rotatable bonds is 4. The van der Waals surface area contributed by atoms with Gasteiger partial charge in [-0.2, -0.15) is 11.8 Å². The van der Waals surface area contributed by atoms with Crippen molar-refractivity contribution in [1.82, 2.24) is 0 Å². The lowest BCUT2D eigenvalue weighted by atomic mass is 10.0. The summed E-state index contributed by atoms with van der Waals surface area (Å²) in [6.45, 7) is 0. The molecule has 0 bridgehead atoms. The lowest BCUT2D eigenvalue weighted by Crippen LogP contribution is -2.08. The number of nitrogen functional groups attached to an aromatic ring is 1. The minimum Gasteiger partial charge on any atom is -0.393 e. The summed E-state index contributed by atoms with van der Waals surface area (Å²) in [7, 11) is 0. The summed E-state index contributed by atoms with van der Waals surface area (Å²) in [4.78, 5) is 10.4. The number of anilines is 1. The summed E-state index contributed by atoms with van der Waals surface area (Å²) in [5.41, 5.74) is 6.84. The smallest absolute Gasteiger partial charge is 0.292 e. The van der Waals surface area contributed by atoms with Gasteiger partial charge in [-0.05, 0) is 24.5 Å². The first-order valence-electron chi connectivity index (χ1n) is 6.31. The molecular formula is C13H18N2O2S. The van der Waals surface area contributed by atoms with Gasteiger partial charge in [0, 0.05) is 17.1 Å². The van der Waals surface area contributed by atoms with Crippen LogP contribution in [0, 0.1) is 10.1 Å². The van der Waals surface area contributed by atoms with Crippen molar-refractivity contribution in [2.45, 2.75) is 43.1 Å². The highest BCUT2D eigenvalue weighted by Gasteiger charge is 2.15. The van der Waals surface area contributed by atoms with Crippen LogP contribution < -0.4 is 5.73 Å². The van der Waals surface area contributed by atoms with Crippen LogP contribution in [0.1, 0.15) is 37.7 Å². The fraction of sp³-hybridized carbons (Fsp3) is 0.538. The number of nitrogens with two attached hydrogens (primary N) is 1. The molecule has 18 heavy (non-hydrogen) atoms. The number of hydrogen-bond acceptors (Lipinski definition) is 4. The van der Waals surface area contributed by atoms with Crippen LogP contribution >= 0.6 is 11.8 Å². The van der Waals surface area contributed by atoms with Crippen LogP contribution in [0.15, 0.2) is 18.2 Å². The molecule has 1 fully saturated rings. The van der Waals surface area contributed by atoms with Gasteiger partial charge in [-0.15, -0.1) is 0 Å². The maximum atomic E-state index is 10.8. The second kappa shape index (κ2) is 6.09. The van der Waals surface area contributed by atoms with Crippen molar-refractivity contribution in [1.29, 1.82) is 0 Å². The molecule has 0 saturated heterocycles. The summed E-state index contributed by atoms with van der Waals surface area (Å²) in [5.74, 6) is 0.839. The molecule has 1 aromatic rings. The van der Waals surface area contributed by atoms with Crippen LogP contribution in [0.5, 0.6) is 0 Å². The lowest BCUT2D eigenvalue weighted by Gasteiger charge is -2.20. The van der Waals surface area contributed by atoms with Gasteiger partial charge in [0.2, 0.25) is 0 Å². The predicted molar refractivity (Wildman–Crippen MR) is 75.7 cm³/mol. The van der Waals surface area contributed by atoms with Crippen molar-refractivity contribution in [3.63, 3.8) is 0 Å². The summed E-state index contributed by atoms with van der Waals surface area (Å²) >= 11 is 1.91. The average Bonchev–Trinajstić information content (AvgIpc) is 2.38. The number of nitro benzene ring substituents is 1. The molecule has 2 rings (SSSR count). The minimum absolute atomic E-state index is 0.0248. The van der Waals surface area contributed by atoms with Crippen molar-refractivity contribution < 1.29 is 4.92 Å². The Morgan fingerprint density at radius 1 is 1.33 bits per heavy atom. The van der Waals surface area contributed by atoms with Gasteiger partial charge in [0.05, 0.1) is 4.92 Å². The van der Waals surface area contributed by atoms with Crippen LogP contribution in [0.2, 0.25) is 0 Å². The molecule has 4 nitrogen and oxygen atoms in total. The van der Waals surface area contributed by atoms with Gasteiger partial charge in [-0.25, -0.2) is 0 Å². The van der Waals surface area contributed by atoms with Gasteiger partial charge in [0.15, 0.2) is 0 Å². The molecule has 0 aliphatic heterocycles. The SMILES string of the molecule is Nc1ccc(CSC2CCCCC2)cc1[N+](=O)[O-]. The van der Waals surface area contributed by atoms with Gasteiger partial charge < -0.3 is 5.73 Å². The number of thioether (sulfide) groups is 1. The van der Waals surface area contributed by atoms with E-state index in [1.807, 2.05) is 17.8 Å². The monoisotopic (exact) mass is 266 g/mol. The van der Waals surface area contributed by atoms with E-state index in [2.05, 4.69) is 0 Å². The van der Waals surface area contributed by atoms with Gasteiger partial charge in [-0.3, -0.25) is 10.1 Å². The first-order valence-corrected chi connectivity index (χ1v) is 7.36. The number of nitro groups is 1. The Labute approximate surface area is 111 Å². The third-order valence-corrected chi connectivity index (χ3v) is 4.77. The van der Waals surface area contributed by atoms with Crippen molar-refractivity contribution in [2.24, 2.45) is 0 Å². The molecule has 5 heteroatoms. The predicted octanol–water partition coefficient (Wildman–Crippen LogP) is 3.74.